The Kier molecular flexibility index (Phi) is 4.76. The molecule has 0 saturated heterocycles. The summed E-state index contributed by atoms with van der Waals surface area (Å²) in [5, 5.41) is 0. The van der Waals surface area contributed by atoms with Crippen molar-refractivity contribution >= 4 is 5.78 Å². The Balaban J connectivity index is 2.57. The number of allylic oxidation sites excluding steroid dienone is 2. The van der Waals surface area contributed by atoms with Crippen molar-refractivity contribution in [3.8, 4) is 0 Å². The van der Waals surface area contributed by atoms with Crippen LogP contribution in [-0.2, 0) is 9.53 Å². The largest absolute Gasteiger partial charge is 0.362 e. The maximum atomic E-state index is 12.0. The lowest BCUT2D eigenvalue weighted by Gasteiger charge is -2.26. The van der Waals surface area contributed by atoms with Gasteiger partial charge in [-0.15, -0.1) is 0 Å². The molecule has 0 saturated carbocycles. The van der Waals surface area contributed by atoms with E-state index in [9.17, 15) is 4.79 Å². The van der Waals surface area contributed by atoms with Gasteiger partial charge in [0.2, 0.25) is 0 Å². The lowest BCUT2D eigenvalue weighted by Crippen LogP contribution is -2.37. The Bertz CT molecular complexity index is 252. The molecule has 84 valence electrons. The number of methoxy groups -OCH3 is 1. The zero-order valence-electron chi connectivity index (χ0n) is 9.66. The highest BCUT2D eigenvalue weighted by molar-refractivity contribution is 5.91. The maximum Gasteiger partial charge on any atom is 0.172 e. The van der Waals surface area contributed by atoms with Crippen molar-refractivity contribution < 1.29 is 9.53 Å². The molecule has 0 heterocycles. The van der Waals surface area contributed by atoms with Gasteiger partial charge in [0.1, 0.15) is 0 Å². The first-order valence-electron chi connectivity index (χ1n) is 5.69. The molecule has 0 aromatic rings. The van der Waals surface area contributed by atoms with E-state index in [1.54, 1.807) is 7.11 Å². The molecule has 0 N–H and O–H groups in total. The Morgan fingerprint density at radius 1 is 1.33 bits per heavy atom. The Labute approximate surface area is 92.0 Å². The number of hydrogen-bond acceptors (Lipinski definition) is 2. The van der Waals surface area contributed by atoms with Gasteiger partial charge in [-0.25, -0.2) is 0 Å². The first-order valence-corrected chi connectivity index (χ1v) is 5.69. The summed E-state index contributed by atoms with van der Waals surface area (Å²) in [5.74, 6) is 0.172. The molecule has 0 amide bonds. The highest BCUT2D eigenvalue weighted by Gasteiger charge is 2.32. The predicted molar refractivity (Wildman–Crippen MR) is 61.8 cm³/mol. The second kappa shape index (κ2) is 5.86. The molecule has 0 atom stereocenters. The highest BCUT2D eigenvalue weighted by atomic mass is 16.5. The SMILES string of the molecule is CCCCCC(=O)C1(OC)C=CCC=C1. The van der Waals surface area contributed by atoms with E-state index in [-0.39, 0.29) is 5.78 Å². The minimum atomic E-state index is -0.772. The van der Waals surface area contributed by atoms with Crippen molar-refractivity contribution in [1.29, 1.82) is 0 Å². The van der Waals surface area contributed by atoms with E-state index in [1.165, 1.54) is 0 Å². The quantitative estimate of drug-likeness (QED) is 0.495. The number of unbranched alkanes of at least 4 members (excludes halogenated alkanes) is 2. The molecule has 0 bridgehead atoms. The van der Waals surface area contributed by atoms with Gasteiger partial charge in [0.15, 0.2) is 11.4 Å². The summed E-state index contributed by atoms with van der Waals surface area (Å²) in [5.41, 5.74) is -0.772. The van der Waals surface area contributed by atoms with Gasteiger partial charge in [0, 0.05) is 13.5 Å². The Morgan fingerprint density at radius 3 is 2.53 bits per heavy atom. The van der Waals surface area contributed by atoms with Crippen LogP contribution in [0.4, 0.5) is 0 Å². The smallest absolute Gasteiger partial charge is 0.172 e. The predicted octanol–water partition coefficient (Wildman–Crippen LogP) is 3.04. The topological polar surface area (TPSA) is 26.3 Å². The number of carbonyl (C=O) groups is 1. The molecule has 2 nitrogen and oxygen atoms in total. The van der Waals surface area contributed by atoms with E-state index >= 15 is 0 Å². The number of ketones is 1. The average molecular weight is 208 g/mol. The fraction of sp³-hybridized carbons (Fsp3) is 0.615. The van der Waals surface area contributed by atoms with Crippen molar-refractivity contribution in [3.63, 3.8) is 0 Å². The van der Waals surface area contributed by atoms with Crippen molar-refractivity contribution in [2.75, 3.05) is 7.11 Å². The first kappa shape index (κ1) is 12.2. The highest BCUT2D eigenvalue weighted by Crippen LogP contribution is 2.23. The molecule has 0 fully saturated rings. The molecule has 0 spiro atoms. The van der Waals surface area contributed by atoms with Crippen molar-refractivity contribution in [2.24, 2.45) is 0 Å². The number of rotatable bonds is 6. The van der Waals surface area contributed by atoms with E-state index in [1.807, 2.05) is 24.3 Å². The van der Waals surface area contributed by atoms with Crippen LogP contribution in [0.2, 0.25) is 0 Å². The molecule has 2 heteroatoms. The van der Waals surface area contributed by atoms with Crippen LogP contribution in [0.1, 0.15) is 39.0 Å². The molecule has 0 aliphatic heterocycles. The summed E-state index contributed by atoms with van der Waals surface area (Å²) in [4.78, 5) is 12.0. The second-order valence-electron chi connectivity index (χ2n) is 3.92. The van der Waals surface area contributed by atoms with Gasteiger partial charge in [-0.3, -0.25) is 4.79 Å². The van der Waals surface area contributed by atoms with Gasteiger partial charge in [-0.2, -0.15) is 0 Å². The van der Waals surface area contributed by atoms with Crippen LogP contribution in [0.15, 0.2) is 24.3 Å². The zero-order valence-corrected chi connectivity index (χ0v) is 9.66. The average Bonchev–Trinajstić information content (AvgIpc) is 2.30. The number of Topliss-reactive ketones (excluding diaryl/α,β-unsaturated/α-hetero) is 1. The van der Waals surface area contributed by atoms with E-state index < -0.39 is 5.60 Å². The number of ether oxygens (including phenoxy) is 1. The zero-order chi connectivity index (χ0) is 11.1. The van der Waals surface area contributed by atoms with Crippen molar-refractivity contribution in [3.05, 3.63) is 24.3 Å². The molecule has 0 radical (unpaired) electrons. The van der Waals surface area contributed by atoms with Crippen LogP contribution in [0.25, 0.3) is 0 Å². The number of carbonyl (C=O) groups excluding carboxylic acids is 1. The molecule has 0 aromatic carbocycles. The van der Waals surface area contributed by atoms with Gasteiger partial charge in [-0.05, 0) is 25.0 Å². The fourth-order valence-electron chi connectivity index (χ4n) is 1.79. The molecule has 1 aliphatic carbocycles. The van der Waals surface area contributed by atoms with E-state index in [2.05, 4.69) is 6.92 Å². The van der Waals surface area contributed by atoms with E-state index in [0.717, 1.165) is 25.7 Å². The van der Waals surface area contributed by atoms with E-state index in [4.69, 9.17) is 4.74 Å². The third-order valence-corrected chi connectivity index (χ3v) is 2.78. The monoisotopic (exact) mass is 208 g/mol. The van der Waals surface area contributed by atoms with Gasteiger partial charge in [0.05, 0.1) is 0 Å². The summed E-state index contributed by atoms with van der Waals surface area (Å²) < 4.78 is 5.35. The minimum Gasteiger partial charge on any atom is -0.362 e. The van der Waals surface area contributed by atoms with Crippen LogP contribution in [0.5, 0.6) is 0 Å². The molecule has 1 rings (SSSR count). The Morgan fingerprint density at radius 2 is 2.00 bits per heavy atom. The summed E-state index contributed by atoms with van der Waals surface area (Å²) in [6, 6.07) is 0. The van der Waals surface area contributed by atoms with Crippen LogP contribution in [0.3, 0.4) is 0 Å². The van der Waals surface area contributed by atoms with Crippen LogP contribution in [0, 0.1) is 0 Å². The standard InChI is InChI=1S/C13H20O2/c1-3-4-6-9-12(14)13(15-2)10-7-5-8-11-13/h7-8,10-11H,3-6,9H2,1-2H3. The van der Waals surface area contributed by atoms with Gasteiger partial charge < -0.3 is 4.74 Å². The third kappa shape index (κ3) is 3.03. The normalized spacial score (nSPS) is 18.0. The summed E-state index contributed by atoms with van der Waals surface area (Å²) in [6.07, 6.45) is 12.4. The molecule has 0 unspecified atom stereocenters. The Hall–Kier alpha value is -0.890. The van der Waals surface area contributed by atoms with Crippen LogP contribution >= 0.6 is 0 Å². The molecule has 0 aromatic heterocycles. The summed E-state index contributed by atoms with van der Waals surface area (Å²) >= 11 is 0. The molecule has 1 aliphatic rings. The summed E-state index contributed by atoms with van der Waals surface area (Å²) in [6.45, 7) is 2.14. The molecular formula is C13H20O2. The molecular weight excluding hydrogens is 188 g/mol. The number of hydrogen-bond donors (Lipinski definition) is 0. The lowest BCUT2D eigenvalue weighted by molar-refractivity contribution is -0.131. The summed E-state index contributed by atoms with van der Waals surface area (Å²) in [7, 11) is 1.59. The molecule has 15 heavy (non-hydrogen) atoms. The minimum absolute atomic E-state index is 0.172. The van der Waals surface area contributed by atoms with E-state index in [0.29, 0.717) is 6.42 Å². The van der Waals surface area contributed by atoms with Crippen molar-refractivity contribution in [1.82, 2.24) is 0 Å². The van der Waals surface area contributed by atoms with Gasteiger partial charge in [-0.1, -0.05) is 31.9 Å². The van der Waals surface area contributed by atoms with Crippen LogP contribution < -0.4 is 0 Å². The van der Waals surface area contributed by atoms with Crippen molar-refractivity contribution in [2.45, 2.75) is 44.6 Å². The van der Waals surface area contributed by atoms with Gasteiger partial charge in [0.25, 0.3) is 0 Å². The third-order valence-electron chi connectivity index (χ3n) is 2.78. The van der Waals surface area contributed by atoms with Crippen LogP contribution in [-0.4, -0.2) is 18.5 Å². The maximum absolute atomic E-state index is 12.0. The first-order chi connectivity index (χ1) is 7.25. The second-order valence-corrected chi connectivity index (χ2v) is 3.92. The van der Waals surface area contributed by atoms with Gasteiger partial charge >= 0.3 is 0 Å². The lowest BCUT2D eigenvalue weighted by atomic mass is 9.90. The fourth-order valence-corrected chi connectivity index (χ4v) is 1.79.